The van der Waals surface area contributed by atoms with Crippen LogP contribution in [0.5, 0.6) is 17.2 Å². The van der Waals surface area contributed by atoms with Gasteiger partial charge in [0.1, 0.15) is 22.8 Å². The van der Waals surface area contributed by atoms with Crippen LogP contribution in [0, 0.1) is 0 Å². The summed E-state index contributed by atoms with van der Waals surface area (Å²) in [5.74, 6) is -0.966. The molecule has 0 unspecified atom stereocenters. The minimum Gasteiger partial charge on any atom is -0.507 e. The quantitative estimate of drug-likeness (QED) is 0.751. The van der Waals surface area contributed by atoms with Gasteiger partial charge in [0.05, 0.1) is 5.69 Å². The molecule has 0 spiro atoms. The van der Waals surface area contributed by atoms with Crippen molar-refractivity contribution in [1.82, 2.24) is 0 Å². The van der Waals surface area contributed by atoms with Crippen molar-refractivity contribution >= 4 is 23.3 Å². The Labute approximate surface area is 113 Å². The van der Waals surface area contributed by atoms with Gasteiger partial charge in [0.15, 0.2) is 0 Å². The number of hydrogen-bond acceptors (Lipinski definition) is 4. The number of ether oxygens (including phenoxy) is 1. The van der Waals surface area contributed by atoms with Gasteiger partial charge in [-0.15, -0.1) is 0 Å². The van der Waals surface area contributed by atoms with E-state index in [2.05, 4.69) is 0 Å². The second-order valence-electron chi connectivity index (χ2n) is 3.77. The molecule has 0 aliphatic heterocycles. The zero-order valence-corrected chi connectivity index (χ0v) is 10.4. The minimum atomic E-state index is -1.24. The van der Waals surface area contributed by atoms with Crippen molar-refractivity contribution in [3.8, 4) is 17.2 Å². The van der Waals surface area contributed by atoms with Crippen LogP contribution in [0.15, 0.2) is 36.4 Å². The monoisotopic (exact) mass is 279 g/mol. The van der Waals surface area contributed by atoms with Crippen molar-refractivity contribution in [3.05, 3.63) is 47.0 Å². The maximum atomic E-state index is 10.9. The number of hydrogen-bond donors (Lipinski definition) is 3. The smallest absolute Gasteiger partial charge is 0.339 e. The lowest BCUT2D eigenvalue weighted by Crippen LogP contribution is -1.98. The Morgan fingerprint density at radius 3 is 2.58 bits per heavy atom. The topological polar surface area (TPSA) is 92.8 Å². The highest BCUT2D eigenvalue weighted by Gasteiger charge is 2.12. The Balaban J connectivity index is 2.33. The molecule has 2 aromatic carbocycles. The zero-order valence-electron chi connectivity index (χ0n) is 9.63. The van der Waals surface area contributed by atoms with Gasteiger partial charge >= 0.3 is 5.97 Å². The van der Waals surface area contributed by atoms with Crippen LogP contribution in [0.1, 0.15) is 10.4 Å². The average molecular weight is 280 g/mol. The molecule has 0 heterocycles. The molecule has 0 fully saturated rings. The van der Waals surface area contributed by atoms with E-state index in [0.29, 0.717) is 16.5 Å². The van der Waals surface area contributed by atoms with Crippen LogP contribution in [0.3, 0.4) is 0 Å². The lowest BCUT2D eigenvalue weighted by molar-refractivity contribution is 0.0693. The van der Waals surface area contributed by atoms with E-state index in [0.717, 1.165) is 0 Å². The number of rotatable bonds is 3. The van der Waals surface area contributed by atoms with Crippen LogP contribution in [0.2, 0.25) is 5.02 Å². The highest BCUT2D eigenvalue weighted by Crippen LogP contribution is 2.31. The molecule has 0 aliphatic rings. The first kappa shape index (κ1) is 13.0. The molecule has 0 saturated heterocycles. The second kappa shape index (κ2) is 5.07. The van der Waals surface area contributed by atoms with Gasteiger partial charge < -0.3 is 20.7 Å². The van der Waals surface area contributed by atoms with Crippen molar-refractivity contribution in [2.24, 2.45) is 0 Å². The molecule has 6 heteroatoms. The van der Waals surface area contributed by atoms with Gasteiger partial charge in [0.2, 0.25) is 0 Å². The summed E-state index contributed by atoms with van der Waals surface area (Å²) in [6.07, 6.45) is 0. The van der Waals surface area contributed by atoms with E-state index >= 15 is 0 Å². The van der Waals surface area contributed by atoms with Gasteiger partial charge in [-0.2, -0.15) is 0 Å². The summed E-state index contributed by atoms with van der Waals surface area (Å²) in [7, 11) is 0. The molecular weight excluding hydrogens is 270 g/mol. The van der Waals surface area contributed by atoms with Gasteiger partial charge in [-0.05, 0) is 36.4 Å². The molecule has 4 N–H and O–H groups in total. The molecule has 2 rings (SSSR count). The summed E-state index contributed by atoms with van der Waals surface area (Å²) in [6.45, 7) is 0. The molecule has 0 bridgehead atoms. The maximum Gasteiger partial charge on any atom is 0.339 e. The first-order valence-electron chi connectivity index (χ1n) is 5.26. The first-order chi connectivity index (χ1) is 8.97. The number of carboxylic acid groups (broad SMARTS) is 1. The third kappa shape index (κ3) is 2.89. The normalized spacial score (nSPS) is 10.2. The number of halogens is 1. The van der Waals surface area contributed by atoms with Crippen LogP contribution in [-0.2, 0) is 0 Å². The number of anilines is 1. The minimum absolute atomic E-state index is 0.245. The van der Waals surface area contributed by atoms with Crippen molar-refractivity contribution in [2.45, 2.75) is 0 Å². The molecule has 0 aliphatic carbocycles. The molecule has 0 amide bonds. The van der Waals surface area contributed by atoms with Crippen LogP contribution in [0.25, 0.3) is 0 Å². The predicted octanol–water partition coefficient (Wildman–Crippen LogP) is 3.12. The zero-order chi connectivity index (χ0) is 14.0. The average Bonchev–Trinajstić information content (AvgIpc) is 2.34. The molecule has 19 heavy (non-hydrogen) atoms. The lowest BCUT2D eigenvalue weighted by Gasteiger charge is -2.09. The maximum absolute atomic E-state index is 10.9. The third-order valence-corrected chi connectivity index (χ3v) is 2.63. The molecule has 2 aromatic rings. The van der Waals surface area contributed by atoms with E-state index in [1.807, 2.05) is 0 Å². The molecule has 0 radical (unpaired) electrons. The number of nitrogens with two attached hydrogens (primary N) is 1. The summed E-state index contributed by atoms with van der Waals surface area (Å²) >= 11 is 5.76. The fourth-order valence-corrected chi connectivity index (χ4v) is 1.67. The first-order valence-corrected chi connectivity index (χ1v) is 5.64. The lowest BCUT2D eigenvalue weighted by atomic mass is 10.2. The molecule has 0 atom stereocenters. The number of carboxylic acids is 1. The fourth-order valence-electron chi connectivity index (χ4n) is 1.49. The summed E-state index contributed by atoms with van der Waals surface area (Å²) in [5, 5.41) is 18.7. The Morgan fingerprint density at radius 2 is 1.95 bits per heavy atom. The Bertz CT molecular complexity index is 643. The van der Waals surface area contributed by atoms with E-state index in [4.69, 9.17) is 27.2 Å². The molecule has 0 saturated carbocycles. The highest BCUT2D eigenvalue weighted by atomic mass is 35.5. The number of benzene rings is 2. The third-order valence-electron chi connectivity index (χ3n) is 2.40. The number of aromatic hydroxyl groups is 1. The van der Waals surface area contributed by atoms with Gasteiger partial charge in [-0.25, -0.2) is 4.79 Å². The Kier molecular flexibility index (Phi) is 3.48. The van der Waals surface area contributed by atoms with E-state index in [1.54, 1.807) is 12.1 Å². The number of nitrogen functional groups attached to an aromatic ring is 1. The summed E-state index contributed by atoms with van der Waals surface area (Å²) in [4.78, 5) is 10.9. The van der Waals surface area contributed by atoms with Crippen molar-refractivity contribution in [3.63, 3.8) is 0 Å². The van der Waals surface area contributed by atoms with E-state index in [-0.39, 0.29) is 17.1 Å². The summed E-state index contributed by atoms with van der Waals surface area (Å²) in [6, 6.07) is 8.60. The highest BCUT2D eigenvalue weighted by molar-refractivity contribution is 6.30. The molecule has 98 valence electrons. The molecular formula is C13H10ClNO4. The number of carbonyl (C=O) groups is 1. The molecule has 5 nitrogen and oxygen atoms in total. The SMILES string of the molecule is Nc1cc(Cl)ccc1Oc1ccc(O)c(C(=O)O)c1. The van der Waals surface area contributed by atoms with Crippen LogP contribution in [-0.4, -0.2) is 16.2 Å². The standard InChI is InChI=1S/C13H10ClNO4/c14-7-1-4-12(10(15)5-7)19-8-2-3-11(16)9(6-8)13(17)18/h1-6,16H,15H2,(H,17,18). The van der Waals surface area contributed by atoms with Crippen molar-refractivity contribution in [2.75, 3.05) is 5.73 Å². The predicted molar refractivity (Wildman–Crippen MR) is 71.0 cm³/mol. The molecule has 0 aromatic heterocycles. The van der Waals surface area contributed by atoms with E-state index in [1.165, 1.54) is 24.3 Å². The van der Waals surface area contributed by atoms with Crippen LogP contribution < -0.4 is 10.5 Å². The number of aromatic carboxylic acids is 1. The fraction of sp³-hybridized carbons (Fsp3) is 0. The van der Waals surface area contributed by atoms with Crippen LogP contribution in [0.4, 0.5) is 5.69 Å². The van der Waals surface area contributed by atoms with Gasteiger partial charge in [0.25, 0.3) is 0 Å². The van der Waals surface area contributed by atoms with E-state index in [9.17, 15) is 9.90 Å². The number of phenols is 1. The van der Waals surface area contributed by atoms with Crippen molar-refractivity contribution < 1.29 is 19.7 Å². The van der Waals surface area contributed by atoms with Gasteiger partial charge in [-0.1, -0.05) is 11.6 Å². The Morgan fingerprint density at radius 1 is 1.21 bits per heavy atom. The van der Waals surface area contributed by atoms with Crippen LogP contribution >= 0.6 is 11.6 Å². The summed E-state index contributed by atoms with van der Waals surface area (Å²) < 4.78 is 5.45. The van der Waals surface area contributed by atoms with Gasteiger partial charge in [-0.3, -0.25) is 0 Å². The van der Waals surface area contributed by atoms with Gasteiger partial charge in [0, 0.05) is 5.02 Å². The second-order valence-corrected chi connectivity index (χ2v) is 4.20. The Hall–Kier alpha value is -2.40. The summed E-state index contributed by atoms with van der Waals surface area (Å²) in [5.41, 5.74) is 5.81. The largest absolute Gasteiger partial charge is 0.507 e. The van der Waals surface area contributed by atoms with E-state index < -0.39 is 5.97 Å². The van der Waals surface area contributed by atoms with Crippen molar-refractivity contribution in [1.29, 1.82) is 0 Å².